The van der Waals surface area contributed by atoms with Crippen LogP contribution in [0.1, 0.15) is 25.3 Å². The molecule has 0 saturated carbocycles. The first-order chi connectivity index (χ1) is 9.45. The number of halogens is 2. The first kappa shape index (κ1) is 15.0. The van der Waals surface area contributed by atoms with Gasteiger partial charge in [0.05, 0.1) is 0 Å². The average Bonchev–Trinajstić information content (AvgIpc) is 2.79. The molecule has 1 aromatic rings. The van der Waals surface area contributed by atoms with Gasteiger partial charge < -0.3 is 10.6 Å². The van der Waals surface area contributed by atoms with Crippen molar-refractivity contribution >= 4 is 27.7 Å². The van der Waals surface area contributed by atoms with Crippen molar-refractivity contribution in [1.82, 2.24) is 10.6 Å². The molecular formula is C14H16BrFN2O2. The summed E-state index contributed by atoms with van der Waals surface area (Å²) in [5.41, 5.74) is 0.552. The normalized spacial score (nSPS) is 19.6. The molecule has 6 heteroatoms. The van der Waals surface area contributed by atoms with Crippen molar-refractivity contribution in [2.24, 2.45) is 0 Å². The molecule has 2 N–H and O–H groups in total. The van der Waals surface area contributed by atoms with E-state index in [2.05, 4.69) is 26.6 Å². The maximum Gasteiger partial charge on any atom is 0.242 e. The van der Waals surface area contributed by atoms with Gasteiger partial charge in [-0.2, -0.15) is 0 Å². The van der Waals surface area contributed by atoms with E-state index in [0.29, 0.717) is 29.3 Å². The molecular weight excluding hydrogens is 327 g/mol. The van der Waals surface area contributed by atoms with E-state index < -0.39 is 6.04 Å². The van der Waals surface area contributed by atoms with Crippen molar-refractivity contribution in [1.29, 1.82) is 0 Å². The van der Waals surface area contributed by atoms with Crippen LogP contribution in [0.25, 0.3) is 0 Å². The number of benzene rings is 1. The Kier molecular flexibility index (Phi) is 4.75. The maximum atomic E-state index is 13.7. The lowest BCUT2D eigenvalue weighted by molar-refractivity contribution is -0.126. The minimum atomic E-state index is -0.459. The van der Waals surface area contributed by atoms with Crippen LogP contribution in [0, 0.1) is 5.82 Å². The molecule has 1 fully saturated rings. The molecule has 1 saturated heterocycles. The Balaban J connectivity index is 1.90. The van der Waals surface area contributed by atoms with Crippen LogP contribution in [0.15, 0.2) is 22.7 Å². The summed E-state index contributed by atoms with van der Waals surface area (Å²) in [6.45, 7) is 1.82. The highest BCUT2D eigenvalue weighted by atomic mass is 79.9. The SMILES string of the molecule is C[C@H](Cc1ccc(Br)cc1F)NC(=O)[C@@H]1CCC(=O)N1. The predicted octanol–water partition coefficient (Wildman–Crippen LogP) is 1.91. The average molecular weight is 343 g/mol. The number of rotatable bonds is 4. The zero-order chi connectivity index (χ0) is 14.7. The van der Waals surface area contributed by atoms with Crippen LogP contribution in [0.4, 0.5) is 4.39 Å². The highest BCUT2D eigenvalue weighted by molar-refractivity contribution is 9.10. The third-order valence-electron chi connectivity index (χ3n) is 3.24. The van der Waals surface area contributed by atoms with Gasteiger partial charge in [0.15, 0.2) is 0 Å². The number of amides is 2. The summed E-state index contributed by atoms with van der Waals surface area (Å²) >= 11 is 3.20. The number of hydrogen-bond acceptors (Lipinski definition) is 2. The maximum absolute atomic E-state index is 13.7. The Bertz CT molecular complexity index is 536. The van der Waals surface area contributed by atoms with Gasteiger partial charge in [-0.15, -0.1) is 0 Å². The molecule has 1 aliphatic rings. The van der Waals surface area contributed by atoms with Crippen LogP contribution >= 0.6 is 15.9 Å². The minimum Gasteiger partial charge on any atom is -0.352 e. The highest BCUT2D eigenvalue weighted by Crippen LogP contribution is 2.16. The standard InChI is InChI=1S/C14H16BrFN2O2/c1-8(6-9-2-3-10(15)7-11(9)16)17-14(20)12-4-5-13(19)18-12/h2-3,7-8,12H,4-6H2,1H3,(H,17,20)(H,18,19)/t8-,12+/m1/s1. The fourth-order valence-electron chi connectivity index (χ4n) is 2.22. The second-order valence-corrected chi connectivity index (χ2v) is 5.92. The van der Waals surface area contributed by atoms with Crippen molar-refractivity contribution in [2.75, 3.05) is 0 Å². The monoisotopic (exact) mass is 342 g/mol. The number of hydrogen-bond donors (Lipinski definition) is 2. The first-order valence-electron chi connectivity index (χ1n) is 6.49. The van der Waals surface area contributed by atoms with Gasteiger partial charge in [0.2, 0.25) is 11.8 Å². The Morgan fingerprint density at radius 1 is 1.60 bits per heavy atom. The molecule has 0 radical (unpaired) electrons. The third kappa shape index (κ3) is 3.79. The van der Waals surface area contributed by atoms with E-state index in [9.17, 15) is 14.0 Å². The molecule has 1 heterocycles. The van der Waals surface area contributed by atoms with E-state index in [-0.39, 0.29) is 23.7 Å². The van der Waals surface area contributed by atoms with Crippen molar-refractivity contribution < 1.29 is 14.0 Å². The van der Waals surface area contributed by atoms with Gasteiger partial charge >= 0.3 is 0 Å². The van der Waals surface area contributed by atoms with Crippen molar-refractivity contribution in [3.05, 3.63) is 34.1 Å². The molecule has 2 rings (SSSR count). The summed E-state index contributed by atoms with van der Waals surface area (Å²) in [7, 11) is 0. The molecule has 0 aromatic heterocycles. The largest absolute Gasteiger partial charge is 0.352 e. The lowest BCUT2D eigenvalue weighted by Gasteiger charge is -2.17. The fourth-order valence-corrected chi connectivity index (χ4v) is 2.56. The Labute approximate surface area is 125 Å². The van der Waals surface area contributed by atoms with Crippen LogP contribution < -0.4 is 10.6 Å². The summed E-state index contributed by atoms with van der Waals surface area (Å²) in [5, 5.41) is 5.41. The van der Waals surface area contributed by atoms with E-state index in [1.807, 2.05) is 6.92 Å². The molecule has 0 aliphatic carbocycles. The summed E-state index contributed by atoms with van der Waals surface area (Å²) in [4.78, 5) is 23.0. The molecule has 0 bridgehead atoms. The molecule has 1 aromatic carbocycles. The molecule has 2 amide bonds. The van der Waals surface area contributed by atoms with Crippen molar-refractivity contribution in [3.8, 4) is 0 Å². The predicted molar refractivity (Wildman–Crippen MR) is 76.6 cm³/mol. The number of nitrogens with one attached hydrogen (secondary N) is 2. The van der Waals surface area contributed by atoms with Gasteiger partial charge in [-0.05, 0) is 37.5 Å². The molecule has 1 aliphatic heterocycles. The van der Waals surface area contributed by atoms with E-state index in [4.69, 9.17) is 0 Å². The van der Waals surface area contributed by atoms with Gasteiger partial charge in [0.25, 0.3) is 0 Å². The van der Waals surface area contributed by atoms with Crippen LogP contribution in [0.3, 0.4) is 0 Å². The summed E-state index contributed by atoms with van der Waals surface area (Å²) in [6, 6.07) is 4.21. The molecule has 4 nitrogen and oxygen atoms in total. The van der Waals surface area contributed by atoms with Crippen LogP contribution in [0.2, 0.25) is 0 Å². The second-order valence-electron chi connectivity index (χ2n) is 5.01. The first-order valence-corrected chi connectivity index (χ1v) is 7.28. The van der Waals surface area contributed by atoms with Crippen LogP contribution in [0.5, 0.6) is 0 Å². The molecule has 0 spiro atoms. The smallest absolute Gasteiger partial charge is 0.242 e. The second kappa shape index (κ2) is 6.35. The summed E-state index contributed by atoms with van der Waals surface area (Å²) in [5.74, 6) is -0.604. The summed E-state index contributed by atoms with van der Waals surface area (Å²) in [6.07, 6.45) is 1.31. The fraction of sp³-hybridized carbons (Fsp3) is 0.429. The molecule has 20 heavy (non-hydrogen) atoms. The Hall–Kier alpha value is -1.43. The van der Waals surface area contributed by atoms with Crippen LogP contribution in [-0.4, -0.2) is 23.9 Å². The van der Waals surface area contributed by atoms with Gasteiger partial charge in [0, 0.05) is 16.9 Å². The topological polar surface area (TPSA) is 58.2 Å². The quantitative estimate of drug-likeness (QED) is 0.878. The van der Waals surface area contributed by atoms with Crippen molar-refractivity contribution in [3.63, 3.8) is 0 Å². The lowest BCUT2D eigenvalue weighted by atomic mass is 10.1. The summed E-state index contributed by atoms with van der Waals surface area (Å²) < 4.78 is 14.4. The van der Waals surface area contributed by atoms with Gasteiger partial charge in [0.1, 0.15) is 11.9 Å². The van der Waals surface area contributed by atoms with E-state index in [1.54, 1.807) is 12.1 Å². The zero-order valence-corrected chi connectivity index (χ0v) is 12.7. The Morgan fingerprint density at radius 3 is 2.95 bits per heavy atom. The van der Waals surface area contributed by atoms with Crippen LogP contribution in [-0.2, 0) is 16.0 Å². The van der Waals surface area contributed by atoms with Gasteiger partial charge in [-0.3, -0.25) is 9.59 Å². The van der Waals surface area contributed by atoms with Gasteiger partial charge in [-0.1, -0.05) is 22.0 Å². The number of carbonyl (C=O) groups excluding carboxylic acids is 2. The third-order valence-corrected chi connectivity index (χ3v) is 3.73. The molecule has 2 atom stereocenters. The minimum absolute atomic E-state index is 0.100. The number of carbonyl (C=O) groups is 2. The van der Waals surface area contributed by atoms with E-state index in [1.165, 1.54) is 6.07 Å². The van der Waals surface area contributed by atoms with Crippen molar-refractivity contribution in [2.45, 2.75) is 38.3 Å². The molecule has 108 valence electrons. The van der Waals surface area contributed by atoms with Gasteiger partial charge in [-0.25, -0.2) is 4.39 Å². The molecule has 0 unspecified atom stereocenters. The highest BCUT2D eigenvalue weighted by Gasteiger charge is 2.27. The van der Waals surface area contributed by atoms with E-state index >= 15 is 0 Å². The Morgan fingerprint density at radius 2 is 2.35 bits per heavy atom. The zero-order valence-electron chi connectivity index (χ0n) is 11.1. The lowest BCUT2D eigenvalue weighted by Crippen LogP contribution is -2.45. The van der Waals surface area contributed by atoms with E-state index in [0.717, 1.165) is 0 Å².